The Hall–Kier alpha value is -2.62. The normalized spacial score (nSPS) is 14.8. The summed E-state index contributed by atoms with van der Waals surface area (Å²) in [5.74, 6) is -1.07. The number of ether oxygens (including phenoxy) is 1. The van der Waals surface area contributed by atoms with Gasteiger partial charge in [0.2, 0.25) is 11.8 Å². The zero-order chi connectivity index (χ0) is 20.6. The van der Waals surface area contributed by atoms with Gasteiger partial charge in [0.05, 0.1) is 24.6 Å². The van der Waals surface area contributed by atoms with E-state index in [1.165, 1.54) is 41.4 Å². The van der Waals surface area contributed by atoms with Crippen LogP contribution in [0.4, 0.5) is 15.2 Å². The van der Waals surface area contributed by atoms with Crippen molar-refractivity contribution in [3.8, 4) is 0 Å². The number of carbonyl (C=O) groups is 2. The molecule has 0 unspecified atom stereocenters. The zero-order valence-electron chi connectivity index (χ0n) is 16.1. The molecule has 0 spiro atoms. The van der Waals surface area contributed by atoms with Gasteiger partial charge in [-0.25, -0.2) is 9.37 Å². The second kappa shape index (κ2) is 10.2. The van der Waals surface area contributed by atoms with Crippen molar-refractivity contribution in [2.24, 2.45) is 0 Å². The third-order valence-electron chi connectivity index (χ3n) is 4.35. The molecule has 154 valence electrons. The van der Waals surface area contributed by atoms with Gasteiger partial charge >= 0.3 is 0 Å². The molecule has 1 N–H and O–H groups in total. The number of para-hydroxylation sites is 1. The summed E-state index contributed by atoms with van der Waals surface area (Å²) in [5, 5.41) is 4.89. The van der Waals surface area contributed by atoms with Crippen LogP contribution in [0, 0.1) is 5.82 Å². The molecule has 1 aromatic heterocycles. The summed E-state index contributed by atoms with van der Waals surface area (Å²) >= 11 is 1.20. The molecule has 0 bridgehead atoms. The predicted molar refractivity (Wildman–Crippen MR) is 111 cm³/mol. The highest BCUT2D eigenvalue weighted by atomic mass is 32.1. The number of nitrogens with one attached hydrogen (secondary N) is 1. The van der Waals surface area contributed by atoms with Crippen LogP contribution in [0.5, 0.6) is 0 Å². The smallest absolute Gasteiger partial charge is 0.244 e. The number of hydrogen-bond donors (Lipinski definition) is 1. The van der Waals surface area contributed by atoms with Crippen LogP contribution >= 0.6 is 11.3 Å². The molecule has 1 saturated heterocycles. The molecule has 0 aliphatic carbocycles. The maximum absolute atomic E-state index is 14.1. The van der Waals surface area contributed by atoms with Crippen molar-refractivity contribution in [1.29, 1.82) is 0 Å². The van der Waals surface area contributed by atoms with Crippen LogP contribution in [0.15, 0.2) is 35.7 Å². The molecule has 2 amide bonds. The summed E-state index contributed by atoms with van der Waals surface area (Å²) in [6, 6.07) is 6.03. The second-order valence-electron chi connectivity index (χ2n) is 6.44. The number of nitrogens with zero attached hydrogens (tertiary/aromatic N) is 3. The van der Waals surface area contributed by atoms with E-state index in [1.54, 1.807) is 23.6 Å². The summed E-state index contributed by atoms with van der Waals surface area (Å²) in [6.45, 7) is 5.89. The van der Waals surface area contributed by atoms with Gasteiger partial charge in [-0.2, -0.15) is 0 Å². The van der Waals surface area contributed by atoms with E-state index in [2.05, 4.69) is 15.2 Å². The van der Waals surface area contributed by atoms with Crippen molar-refractivity contribution >= 4 is 40.0 Å². The van der Waals surface area contributed by atoms with Crippen molar-refractivity contribution in [1.82, 2.24) is 15.2 Å². The molecule has 2 heterocycles. The van der Waals surface area contributed by atoms with Crippen molar-refractivity contribution in [3.63, 3.8) is 0 Å². The van der Waals surface area contributed by atoms with E-state index >= 15 is 0 Å². The fraction of sp³-hybridized carbons (Fsp3) is 0.350. The minimum absolute atomic E-state index is 0.144. The summed E-state index contributed by atoms with van der Waals surface area (Å²) < 4.78 is 19.4. The molecule has 0 saturated carbocycles. The van der Waals surface area contributed by atoms with Crippen LogP contribution in [0.2, 0.25) is 0 Å². The molecule has 7 nitrogen and oxygen atoms in total. The Morgan fingerprint density at radius 1 is 1.34 bits per heavy atom. The Morgan fingerprint density at radius 3 is 2.83 bits per heavy atom. The van der Waals surface area contributed by atoms with E-state index in [4.69, 9.17) is 4.74 Å². The number of halogens is 1. The Kier molecular flexibility index (Phi) is 7.45. The van der Waals surface area contributed by atoms with Gasteiger partial charge in [0.25, 0.3) is 0 Å². The number of hydrogen-bond acceptors (Lipinski definition) is 6. The standard InChI is InChI=1S/C20H23FN4O3S/c1-15(26)25(18-5-3-2-4-17(18)21)20-23-16(14-29-20)6-7-19(27)22-8-9-24-10-12-28-13-11-24/h2-7,14H,8-13H2,1H3,(H,22,27)/b7-6+. The molecular weight excluding hydrogens is 395 g/mol. The van der Waals surface area contributed by atoms with Crippen LogP contribution in [0.3, 0.4) is 0 Å². The number of morpholine rings is 1. The van der Waals surface area contributed by atoms with E-state index in [-0.39, 0.29) is 17.5 Å². The van der Waals surface area contributed by atoms with E-state index in [9.17, 15) is 14.0 Å². The number of thiazole rings is 1. The first kappa shape index (κ1) is 21.1. The topological polar surface area (TPSA) is 74.8 Å². The van der Waals surface area contributed by atoms with Gasteiger partial charge < -0.3 is 10.1 Å². The molecule has 1 aliphatic heterocycles. The summed E-state index contributed by atoms with van der Waals surface area (Å²) in [7, 11) is 0. The first-order chi connectivity index (χ1) is 14.0. The number of carbonyl (C=O) groups excluding carboxylic acids is 2. The third-order valence-corrected chi connectivity index (χ3v) is 5.19. The van der Waals surface area contributed by atoms with E-state index in [0.717, 1.165) is 32.8 Å². The molecular formula is C20H23FN4O3S. The van der Waals surface area contributed by atoms with Crippen molar-refractivity contribution < 1.29 is 18.7 Å². The van der Waals surface area contributed by atoms with Crippen LogP contribution < -0.4 is 10.2 Å². The molecule has 3 rings (SSSR count). The lowest BCUT2D eigenvalue weighted by Crippen LogP contribution is -2.41. The van der Waals surface area contributed by atoms with Gasteiger partial charge in [-0.15, -0.1) is 11.3 Å². The average Bonchev–Trinajstić information content (AvgIpc) is 3.17. The van der Waals surface area contributed by atoms with Crippen LogP contribution in [0.25, 0.3) is 6.08 Å². The van der Waals surface area contributed by atoms with Crippen molar-refractivity contribution in [3.05, 3.63) is 47.2 Å². The predicted octanol–water partition coefficient (Wildman–Crippen LogP) is 2.43. The van der Waals surface area contributed by atoms with E-state index in [1.807, 2.05) is 0 Å². The molecule has 1 fully saturated rings. The fourth-order valence-corrected chi connectivity index (χ4v) is 3.73. The molecule has 9 heteroatoms. The minimum Gasteiger partial charge on any atom is -0.379 e. The van der Waals surface area contributed by atoms with E-state index in [0.29, 0.717) is 17.4 Å². The monoisotopic (exact) mass is 418 g/mol. The Labute approximate surface area is 172 Å². The van der Waals surface area contributed by atoms with Crippen LogP contribution in [-0.4, -0.2) is 61.1 Å². The molecule has 0 atom stereocenters. The van der Waals surface area contributed by atoms with Crippen molar-refractivity contribution in [2.75, 3.05) is 44.3 Å². The van der Waals surface area contributed by atoms with Crippen LogP contribution in [-0.2, 0) is 14.3 Å². The highest BCUT2D eigenvalue weighted by Crippen LogP contribution is 2.30. The highest BCUT2D eigenvalue weighted by molar-refractivity contribution is 7.14. The number of anilines is 2. The lowest BCUT2D eigenvalue weighted by Gasteiger charge is -2.26. The van der Waals surface area contributed by atoms with Gasteiger partial charge in [-0.3, -0.25) is 19.4 Å². The summed E-state index contributed by atoms with van der Waals surface area (Å²) in [4.78, 5) is 31.8. The first-order valence-electron chi connectivity index (χ1n) is 9.31. The quantitative estimate of drug-likeness (QED) is 0.699. The van der Waals surface area contributed by atoms with Gasteiger partial charge in [-0.1, -0.05) is 12.1 Å². The minimum atomic E-state index is -0.505. The second-order valence-corrected chi connectivity index (χ2v) is 7.28. The Balaban J connectivity index is 1.57. The molecule has 29 heavy (non-hydrogen) atoms. The lowest BCUT2D eigenvalue weighted by molar-refractivity contribution is -0.117. The first-order valence-corrected chi connectivity index (χ1v) is 10.2. The number of benzene rings is 1. The Bertz CT molecular complexity index is 880. The average molecular weight is 418 g/mol. The molecule has 0 radical (unpaired) electrons. The number of aromatic nitrogens is 1. The maximum Gasteiger partial charge on any atom is 0.244 e. The van der Waals surface area contributed by atoms with Crippen molar-refractivity contribution in [2.45, 2.75) is 6.92 Å². The summed E-state index contributed by atoms with van der Waals surface area (Å²) in [5.41, 5.74) is 0.668. The molecule has 1 aromatic carbocycles. The zero-order valence-corrected chi connectivity index (χ0v) is 17.0. The number of amides is 2. The van der Waals surface area contributed by atoms with Gasteiger partial charge in [0.15, 0.2) is 5.13 Å². The number of rotatable bonds is 7. The van der Waals surface area contributed by atoms with Gasteiger partial charge in [0.1, 0.15) is 5.82 Å². The highest BCUT2D eigenvalue weighted by Gasteiger charge is 2.20. The van der Waals surface area contributed by atoms with Gasteiger partial charge in [-0.05, 0) is 18.2 Å². The SMILES string of the molecule is CC(=O)N(c1nc(/C=C/C(=O)NCCN2CCOCC2)cs1)c1ccccc1F. The largest absolute Gasteiger partial charge is 0.379 e. The maximum atomic E-state index is 14.1. The Morgan fingerprint density at radius 2 is 2.10 bits per heavy atom. The molecule has 2 aromatic rings. The van der Waals surface area contributed by atoms with Gasteiger partial charge in [0, 0.05) is 44.6 Å². The van der Waals surface area contributed by atoms with Crippen LogP contribution in [0.1, 0.15) is 12.6 Å². The lowest BCUT2D eigenvalue weighted by atomic mass is 10.3. The fourth-order valence-electron chi connectivity index (χ4n) is 2.88. The summed E-state index contributed by atoms with van der Waals surface area (Å²) in [6.07, 6.45) is 2.98. The van der Waals surface area contributed by atoms with E-state index < -0.39 is 5.82 Å². The third kappa shape index (κ3) is 5.93. The molecule has 1 aliphatic rings.